The van der Waals surface area contributed by atoms with Crippen LogP contribution in [0.4, 0.5) is 5.69 Å². The van der Waals surface area contributed by atoms with Gasteiger partial charge in [0.1, 0.15) is 17.2 Å². The van der Waals surface area contributed by atoms with Crippen LogP contribution in [0.2, 0.25) is 0 Å². The van der Waals surface area contributed by atoms with E-state index in [1.54, 1.807) is 4.68 Å². The van der Waals surface area contributed by atoms with Crippen molar-refractivity contribution in [1.29, 1.82) is 0 Å². The van der Waals surface area contributed by atoms with Crippen molar-refractivity contribution in [3.05, 3.63) is 84.6 Å². The number of carbonyl (C=O) groups excluding carboxylic acids is 1. The number of aromatic nitrogens is 2. The fourth-order valence-electron chi connectivity index (χ4n) is 3.30. The van der Waals surface area contributed by atoms with Crippen molar-refractivity contribution >= 4 is 11.7 Å². The average molecular weight is 429 g/mol. The van der Waals surface area contributed by atoms with Crippen molar-refractivity contribution in [2.24, 2.45) is 0 Å². The molecule has 0 atom stereocenters. The summed E-state index contributed by atoms with van der Waals surface area (Å²) in [6.07, 6.45) is 0. The molecule has 7 heteroatoms. The molecular formula is C25H23N3O4. The monoisotopic (exact) mass is 429 g/mol. The van der Waals surface area contributed by atoms with E-state index in [9.17, 15) is 4.79 Å². The highest BCUT2D eigenvalue weighted by Crippen LogP contribution is 2.33. The third kappa shape index (κ3) is 4.27. The summed E-state index contributed by atoms with van der Waals surface area (Å²) in [5, 5.41) is 4.44. The molecule has 4 rings (SSSR count). The van der Waals surface area contributed by atoms with Crippen LogP contribution in [-0.2, 0) is 4.74 Å². The molecule has 0 aliphatic rings. The molecule has 162 valence electrons. The number of para-hydroxylation sites is 1. The molecule has 1 heterocycles. The zero-order valence-corrected chi connectivity index (χ0v) is 17.8. The minimum absolute atomic E-state index is 0.0565. The number of nitrogen functional groups attached to an aromatic ring is 1. The van der Waals surface area contributed by atoms with Crippen LogP contribution in [0.25, 0.3) is 16.9 Å². The Morgan fingerprint density at radius 3 is 2.16 bits per heavy atom. The Balaban J connectivity index is 1.73. The van der Waals surface area contributed by atoms with Gasteiger partial charge in [-0.15, -0.1) is 0 Å². The van der Waals surface area contributed by atoms with E-state index in [1.807, 2.05) is 85.8 Å². The predicted octanol–water partition coefficient (Wildman–Crippen LogP) is 5.10. The van der Waals surface area contributed by atoms with Crippen molar-refractivity contribution in [3.8, 4) is 34.2 Å². The number of nitrogens with zero attached hydrogens (tertiary/aromatic N) is 2. The van der Waals surface area contributed by atoms with Gasteiger partial charge in [-0.1, -0.05) is 18.2 Å². The summed E-state index contributed by atoms with van der Waals surface area (Å²) in [6, 6.07) is 24.3. The smallest absolute Gasteiger partial charge is 0.360 e. The number of nitrogens with two attached hydrogens (primary N) is 1. The molecule has 0 radical (unpaired) electrons. The molecule has 32 heavy (non-hydrogen) atoms. The number of benzene rings is 3. The van der Waals surface area contributed by atoms with Crippen molar-refractivity contribution < 1.29 is 19.0 Å². The quantitative estimate of drug-likeness (QED) is 0.411. The van der Waals surface area contributed by atoms with Crippen LogP contribution in [0.3, 0.4) is 0 Å². The van der Waals surface area contributed by atoms with Gasteiger partial charge < -0.3 is 19.9 Å². The number of esters is 1. The molecule has 0 bridgehead atoms. The molecule has 3 aromatic carbocycles. The van der Waals surface area contributed by atoms with Crippen LogP contribution in [0, 0.1) is 0 Å². The molecule has 7 nitrogen and oxygen atoms in total. The molecule has 0 unspecified atom stereocenters. The molecule has 4 aromatic rings. The Bertz CT molecular complexity index is 1200. The third-order valence-electron chi connectivity index (χ3n) is 4.80. The number of hydrogen-bond donors (Lipinski definition) is 1. The Morgan fingerprint density at radius 1 is 0.906 bits per heavy atom. The van der Waals surface area contributed by atoms with Crippen LogP contribution in [0.5, 0.6) is 17.2 Å². The number of rotatable bonds is 7. The van der Waals surface area contributed by atoms with Gasteiger partial charge in [0.25, 0.3) is 0 Å². The highest BCUT2D eigenvalue weighted by atomic mass is 16.5. The first-order chi connectivity index (χ1) is 15.6. The number of hydrogen-bond acceptors (Lipinski definition) is 6. The third-order valence-corrected chi connectivity index (χ3v) is 4.80. The molecule has 2 N–H and O–H groups in total. The summed E-state index contributed by atoms with van der Waals surface area (Å²) in [4.78, 5) is 12.2. The zero-order chi connectivity index (χ0) is 22.5. The molecule has 0 saturated heterocycles. The number of carbonyl (C=O) groups is 1. The fourth-order valence-corrected chi connectivity index (χ4v) is 3.30. The minimum atomic E-state index is -0.600. The Hall–Kier alpha value is -4.26. The maximum atomic E-state index is 12.2. The van der Waals surface area contributed by atoms with Gasteiger partial charge in [0, 0.05) is 5.56 Å². The lowest BCUT2D eigenvalue weighted by Crippen LogP contribution is -2.06. The molecule has 0 aliphatic heterocycles. The Kier molecular flexibility index (Phi) is 6.07. The largest absolute Gasteiger partial charge is 0.494 e. The molecular weight excluding hydrogens is 406 g/mol. The van der Waals surface area contributed by atoms with E-state index >= 15 is 0 Å². The van der Waals surface area contributed by atoms with Gasteiger partial charge in [-0.25, -0.2) is 9.48 Å². The second kappa shape index (κ2) is 9.26. The highest BCUT2D eigenvalue weighted by molar-refractivity contribution is 5.97. The van der Waals surface area contributed by atoms with Crippen molar-refractivity contribution in [2.45, 2.75) is 6.92 Å². The van der Waals surface area contributed by atoms with Crippen LogP contribution >= 0.6 is 0 Å². The maximum absolute atomic E-state index is 12.2. The van der Waals surface area contributed by atoms with Gasteiger partial charge >= 0.3 is 5.97 Å². The van der Waals surface area contributed by atoms with Crippen LogP contribution in [-0.4, -0.2) is 29.5 Å². The molecule has 0 spiro atoms. The maximum Gasteiger partial charge on any atom is 0.360 e. The first-order valence-electron chi connectivity index (χ1n) is 10.1. The van der Waals surface area contributed by atoms with Crippen LogP contribution in [0.15, 0.2) is 78.9 Å². The van der Waals surface area contributed by atoms with E-state index in [-0.39, 0.29) is 11.4 Å². The summed E-state index contributed by atoms with van der Waals surface area (Å²) < 4.78 is 17.9. The summed E-state index contributed by atoms with van der Waals surface area (Å²) >= 11 is 0. The van der Waals surface area contributed by atoms with Gasteiger partial charge in [0.15, 0.2) is 5.69 Å². The van der Waals surface area contributed by atoms with E-state index < -0.39 is 5.97 Å². The van der Waals surface area contributed by atoms with Gasteiger partial charge in [-0.2, -0.15) is 5.10 Å². The number of anilines is 1. The molecule has 1 aromatic heterocycles. The lowest BCUT2D eigenvalue weighted by molar-refractivity contribution is 0.0594. The fraction of sp³-hybridized carbons (Fsp3) is 0.120. The van der Waals surface area contributed by atoms with E-state index in [0.29, 0.717) is 18.1 Å². The van der Waals surface area contributed by atoms with E-state index in [2.05, 4.69) is 5.10 Å². The van der Waals surface area contributed by atoms with Gasteiger partial charge in [0.05, 0.1) is 30.8 Å². The van der Waals surface area contributed by atoms with Crippen molar-refractivity contribution in [1.82, 2.24) is 9.78 Å². The Morgan fingerprint density at radius 2 is 1.53 bits per heavy atom. The average Bonchev–Trinajstić information content (AvgIpc) is 3.17. The van der Waals surface area contributed by atoms with Gasteiger partial charge in [-0.05, 0) is 67.6 Å². The zero-order valence-electron chi connectivity index (χ0n) is 17.8. The van der Waals surface area contributed by atoms with Gasteiger partial charge in [-0.3, -0.25) is 0 Å². The molecule has 0 fully saturated rings. The predicted molar refractivity (Wildman–Crippen MR) is 122 cm³/mol. The Labute approximate surface area is 186 Å². The second-order valence-corrected chi connectivity index (χ2v) is 6.88. The van der Waals surface area contributed by atoms with Crippen LogP contribution < -0.4 is 15.2 Å². The lowest BCUT2D eigenvalue weighted by atomic mass is 10.1. The summed E-state index contributed by atoms with van der Waals surface area (Å²) in [5.74, 6) is 1.57. The summed E-state index contributed by atoms with van der Waals surface area (Å²) in [7, 11) is 1.30. The first kappa shape index (κ1) is 21.0. The van der Waals surface area contributed by atoms with Gasteiger partial charge in [0.2, 0.25) is 0 Å². The second-order valence-electron chi connectivity index (χ2n) is 6.88. The number of ether oxygens (including phenoxy) is 3. The van der Waals surface area contributed by atoms with E-state index in [4.69, 9.17) is 19.9 Å². The normalized spacial score (nSPS) is 10.6. The molecule has 0 saturated carbocycles. The first-order valence-corrected chi connectivity index (χ1v) is 10.1. The standard InChI is InChI=1S/C25H23N3O4/c1-3-31-19-13-9-17(10-14-19)24-22(26)23(25(29)30-2)27-28(24)18-11-15-21(16-12-18)32-20-7-5-4-6-8-20/h4-16H,3,26H2,1-2H3. The topological polar surface area (TPSA) is 88.6 Å². The summed E-state index contributed by atoms with van der Waals surface area (Å²) in [6.45, 7) is 2.50. The SMILES string of the molecule is CCOc1ccc(-c2c(N)c(C(=O)OC)nn2-c2ccc(Oc3ccccc3)cc2)cc1. The molecule has 0 aliphatic carbocycles. The number of methoxy groups -OCH3 is 1. The van der Waals surface area contributed by atoms with E-state index in [1.165, 1.54) is 7.11 Å². The highest BCUT2D eigenvalue weighted by Gasteiger charge is 2.23. The van der Waals surface area contributed by atoms with E-state index in [0.717, 1.165) is 22.7 Å². The van der Waals surface area contributed by atoms with Crippen molar-refractivity contribution in [3.63, 3.8) is 0 Å². The lowest BCUT2D eigenvalue weighted by Gasteiger charge is -2.11. The summed E-state index contributed by atoms with van der Waals surface area (Å²) in [5.41, 5.74) is 8.73. The minimum Gasteiger partial charge on any atom is -0.494 e. The molecule has 0 amide bonds. The van der Waals surface area contributed by atoms with Crippen molar-refractivity contribution in [2.75, 3.05) is 19.5 Å². The van der Waals surface area contributed by atoms with Crippen LogP contribution in [0.1, 0.15) is 17.4 Å².